The summed E-state index contributed by atoms with van der Waals surface area (Å²) in [5.74, 6) is 0. The number of carbonyl (C=O) groups is 2. The van der Waals surface area contributed by atoms with Crippen LogP contribution in [0.15, 0.2) is 54.6 Å². The molecule has 1 amide bonds. The van der Waals surface area contributed by atoms with Crippen molar-refractivity contribution in [3.63, 3.8) is 0 Å². The molecule has 1 atom stereocenters. The third-order valence-corrected chi connectivity index (χ3v) is 3.38. The second-order valence-corrected chi connectivity index (χ2v) is 6.66. The first-order chi connectivity index (χ1) is 11.4. The maximum absolute atomic E-state index is 11.8. The molecule has 4 heteroatoms. The van der Waals surface area contributed by atoms with E-state index in [0.717, 1.165) is 23.0 Å². The highest BCUT2D eigenvalue weighted by atomic mass is 16.6. The Bertz CT molecular complexity index is 672. The molecule has 0 aromatic heterocycles. The lowest BCUT2D eigenvalue weighted by molar-refractivity contribution is -0.109. The first-order valence-electron chi connectivity index (χ1n) is 7.96. The molecular weight excluding hydrogens is 302 g/mol. The summed E-state index contributed by atoms with van der Waals surface area (Å²) < 4.78 is 5.18. The van der Waals surface area contributed by atoms with E-state index in [4.69, 9.17) is 4.74 Å². The van der Waals surface area contributed by atoms with E-state index in [1.165, 1.54) is 0 Å². The second kappa shape index (κ2) is 7.77. The molecule has 0 radical (unpaired) electrons. The van der Waals surface area contributed by atoms with Crippen molar-refractivity contribution < 1.29 is 14.3 Å². The Labute approximate surface area is 142 Å². The largest absolute Gasteiger partial charge is 0.444 e. The van der Waals surface area contributed by atoms with Crippen molar-refractivity contribution in [2.75, 3.05) is 0 Å². The lowest BCUT2D eigenvalue weighted by Crippen LogP contribution is -2.41. The standard InChI is InChI=1S/C20H23NO3/c1-20(2,3)24-19(23)21-18(14-22)13-15-9-11-17(12-10-15)16-7-5-4-6-8-16/h4-12,14,18H,13H2,1-3H3,(H,21,23)/t18-/m0/s1. The van der Waals surface area contributed by atoms with Crippen molar-refractivity contribution in [3.05, 3.63) is 60.2 Å². The number of carbonyl (C=O) groups excluding carboxylic acids is 2. The quantitative estimate of drug-likeness (QED) is 0.846. The SMILES string of the molecule is CC(C)(C)OC(=O)N[C@H](C=O)Cc1ccc(-c2ccccc2)cc1. The third kappa shape index (κ3) is 5.54. The fourth-order valence-corrected chi connectivity index (χ4v) is 2.31. The normalized spacial score (nSPS) is 12.3. The Balaban J connectivity index is 1.98. The highest BCUT2D eigenvalue weighted by molar-refractivity contribution is 5.73. The highest BCUT2D eigenvalue weighted by Gasteiger charge is 2.19. The number of alkyl carbamates (subject to hydrolysis) is 1. The molecule has 0 aliphatic carbocycles. The van der Waals surface area contributed by atoms with Gasteiger partial charge in [0.1, 0.15) is 11.9 Å². The van der Waals surface area contributed by atoms with Gasteiger partial charge in [0.05, 0.1) is 6.04 Å². The summed E-state index contributed by atoms with van der Waals surface area (Å²) in [6.45, 7) is 5.35. The molecule has 2 aromatic rings. The number of rotatable bonds is 5. The molecule has 0 heterocycles. The Kier molecular flexibility index (Phi) is 5.74. The summed E-state index contributed by atoms with van der Waals surface area (Å²) >= 11 is 0. The Hall–Kier alpha value is -2.62. The summed E-state index contributed by atoms with van der Waals surface area (Å²) in [6, 6.07) is 17.4. The minimum Gasteiger partial charge on any atom is -0.444 e. The number of hydrogen-bond donors (Lipinski definition) is 1. The van der Waals surface area contributed by atoms with Crippen LogP contribution in [-0.2, 0) is 16.0 Å². The van der Waals surface area contributed by atoms with Crippen LogP contribution < -0.4 is 5.32 Å². The van der Waals surface area contributed by atoms with Crippen molar-refractivity contribution >= 4 is 12.4 Å². The number of amides is 1. The zero-order valence-corrected chi connectivity index (χ0v) is 14.3. The number of nitrogens with one attached hydrogen (secondary N) is 1. The van der Waals surface area contributed by atoms with Gasteiger partial charge in [0.2, 0.25) is 0 Å². The summed E-state index contributed by atoms with van der Waals surface area (Å²) in [4.78, 5) is 23.0. The lowest BCUT2D eigenvalue weighted by Gasteiger charge is -2.21. The lowest BCUT2D eigenvalue weighted by atomic mass is 10.0. The maximum Gasteiger partial charge on any atom is 0.408 e. The second-order valence-electron chi connectivity index (χ2n) is 6.66. The minimum atomic E-state index is -0.609. The van der Waals surface area contributed by atoms with Crippen LogP contribution in [0.3, 0.4) is 0 Å². The van der Waals surface area contributed by atoms with E-state index in [-0.39, 0.29) is 0 Å². The molecule has 24 heavy (non-hydrogen) atoms. The number of aldehydes is 1. The molecule has 2 rings (SSSR count). The average Bonchev–Trinajstić information content (AvgIpc) is 2.54. The molecule has 4 nitrogen and oxygen atoms in total. The van der Waals surface area contributed by atoms with Crippen molar-refractivity contribution in [1.82, 2.24) is 5.32 Å². The van der Waals surface area contributed by atoms with Crippen molar-refractivity contribution in [2.24, 2.45) is 0 Å². The molecule has 1 N–H and O–H groups in total. The van der Waals surface area contributed by atoms with E-state index in [0.29, 0.717) is 6.42 Å². The fourth-order valence-electron chi connectivity index (χ4n) is 2.31. The predicted octanol–water partition coefficient (Wildman–Crippen LogP) is 3.99. The molecule has 0 spiro atoms. The molecule has 0 bridgehead atoms. The first-order valence-corrected chi connectivity index (χ1v) is 7.96. The fraction of sp³-hybridized carbons (Fsp3) is 0.300. The zero-order valence-electron chi connectivity index (χ0n) is 14.3. The molecule has 0 saturated heterocycles. The van der Waals surface area contributed by atoms with E-state index >= 15 is 0 Å². The van der Waals surface area contributed by atoms with Crippen LogP contribution in [-0.4, -0.2) is 24.0 Å². The Morgan fingerprint density at radius 2 is 1.62 bits per heavy atom. The Morgan fingerprint density at radius 1 is 1.04 bits per heavy atom. The molecule has 126 valence electrons. The smallest absolute Gasteiger partial charge is 0.408 e. The van der Waals surface area contributed by atoms with E-state index in [9.17, 15) is 9.59 Å². The van der Waals surface area contributed by atoms with Crippen molar-refractivity contribution in [2.45, 2.75) is 38.8 Å². The van der Waals surface area contributed by atoms with Gasteiger partial charge < -0.3 is 14.8 Å². The van der Waals surface area contributed by atoms with Crippen LogP contribution in [0.1, 0.15) is 26.3 Å². The van der Waals surface area contributed by atoms with Crippen LogP contribution in [0.4, 0.5) is 4.79 Å². The van der Waals surface area contributed by atoms with Gasteiger partial charge in [-0.2, -0.15) is 0 Å². The first kappa shape index (κ1) is 17.7. The third-order valence-electron chi connectivity index (χ3n) is 3.38. The van der Waals surface area contributed by atoms with Crippen LogP contribution in [0.5, 0.6) is 0 Å². The van der Waals surface area contributed by atoms with Gasteiger partial charge in [-0.1, -0.05) is 54.6 Å². The molecular formula is C20H23NO3. The highest BCUT2D eigenvalue weighted by Crippen LogP contribution is 2.19. The number of ether oxygens (including phenoxy) is 1. The van der Waals surface area contributed by atoms with Gasteiger partial charge in [-0.3, -0.25) is 0 Å². The molecule has 0 aliphatic rings. The summed E-state index contributed by atoms with van der Waals surface area (Å²) in [5.41, 5.74) is 2.64. The van der Waals surface area contributed by atoms with Gasteiger partial charge >= 0.3 is 6.09 Å². The molecule has 0 aliphatic heterocycles. The summed E-state index contributed by atoms with van der Waals surface area (Å²) in [7, 11) is 0. The van der Waals surface area contributed by atoms with Crippen LogP contribution in [0, 0.1) is 0 Å². The van der Waals surface area contributed by atoms with Gasteiger partial charge in [-0.05, 0) is 43.9 Å². The average molecular weight is 325 g/mol. The zero-order chi connectivity index (χ0) is 17.6. The summed E-state index contributed by atoms with van der Waals surface area (Å²) in [6.07, 6.45) is 0.577. The number of hydrogen-bond acceptors (Lipinski definition) is 3. The van der Waals surface area contributed by atoms with Crippen molar-refractivity contribution in [3.8, 4) is 11.1 Å². The van der Waals surface area contributed by atoms with E-state index < -0.39 is 17.7 Å². The summed E-state index contributed by atoms with van der Waals surface area (Å²) in [5, 5.41) is 2.59. The van der Waals surface area contributed by atoms with Crippen LogP contribution in [0.2, 0.25) is 0 Å². The minimum absolute atomic E-state index is 0.428. The van der Waals surface area contributed by atoms with Crippen molar-refractivity contribution in [1.29, 1.82) is 0 Å². The van der Waals surface area contributed by atoms with Gasteiger partial charge in [-0.15, -0.1) is 0 Å². The maximum atomic E-state index is 11.8. The predicted molar refractivity (Wildman–Crippen MR) is 94.8 cm³/mol. The molecule has 2 aromatic carbocycles. The van der Waals surface area contributed by atoms with Gasteiger partial charge in [-0.25, -0.2) is 4.79 Å². The van der Waals surface area contributed by atoms with Gasteiger partial charge in [0.15, 0.2) is 0 Å². The topological polar surface area (TPSA) is 55.4 Å². The van der Waals surface area contributed by atoms with Gasteiger partial charge in [0, 0.05) is 0 Å². The van der Waals surface area contributed by atoms with E-state index in [2.05, 4.69) is 5.32 Å². The molecule has 0 fully saturated rings. The monoisotopic (exact) mass is 325 g/mol. The van der Waals surface area contributed by atoms with E-state index in [1.807, 2.05) is 54.6 Å². The number of benzene rings is 2. The molecule has 0 saturated carbocycles. The van der Waals surface area contributed by atoms with Crippen LogP contribution >= 0.6 is 0 Å². The van der Waals surface area contributed by atoms with Gasteiger partial charge in [0.25, 0.3) is 0 Å². The van der Waals surface area contributed by atoms with E-state index in [1.54, 1.807) is 20.8 Å². The van der Waals surface area contributed by atoms with Crippen LogP contribution in [0.25, 0.3) is 11.1 Å². The molecule has 0 unspecified atom stereocenters. The Morgan fingerprint density at radius 3 is 2.17 bits per heavy atom.